The average molecular weight is 313 g/mol. The maximum atomic E-state index is 11.6. The SMILES string of the molecule is COC(=O)c1cc(OCC(=O)O)cc(C(=O)OC)c1[N+](=O)[O-]. The summed E-state index contributed by atoms with van der Waals surface area (Å²) in [5.41, 5.74) is -1.94. The molecule has 1 aromatic rings. The Morgan fingerprint density at radius 3 is 1.91 bits per heavy atom. The normalized spacial score (nSPS) is 9.73. The number of carboxylic acids is 1. The van der Waals surface area contributed by atoms with Crippen LogP contribution < -0.4 is 4.74 Å². The van der Waals surface area contributed by atoms with Gasteiger partial charge >= 0.3 is 17.9 Å². The molecule has 0 spiro atoms. The van der Waals surface area contributed by atoms with Gasteiger partial charge in [0, 0.05) is 12.1 Å². The lowest BCUT2D eigenvalue weighted by Crippen LogP contribution is -2.14. The highest BCUT2D eigenvalue weighted by Gasteiger charge is 2.31. The fraction of sp³-hybridized carbons (Fsp3) is 0.250. The number of carbonyl (C=O) groups is 3. The molecule has 0 saturated heterocycles. The van der Waals surface area contributed by atoms with E-state index in [9.17, 15) is 24.5 Å². The summed E-state index contributed by atoms with van der Waals surface area (Å²) < 4.78 is 13.7. The number of aliphatic carboxylic acids is 1. The van der Waals surface area contributed by atoms with Crippen LogP contribution in [0.15, 0.2) is 12.1 Å². The van der Waals surface area contributed by atoms with Crippen molar-refractivity contribution in [2.24, 2.45) is 0 Å². The highest BCUT2D eigenvalue weighted by atomic mass is 16.6. The van der Waals surface area contributed by atoms with Crippen LogP contribution in [0.25, 0.3) is 0 Å². The van der Waals surface area contributed by atoms with Crippen LogP contribution in [0.5, 0.6) is 5.75 Å². The van der Waals surface area contributed by atoms with E-state index in [-0.39, 0.29) is 5.75 Å². The molecule has 0 aliphatic rings. The van der Waals surface area contributed by atoms with Crippen molar-refractivity contribution < 1.29 is 38.6 Å². The van der Waals surface area contributed by atoms with Crippen molar-refractivity contribution in [2.75, 3.05) is 20.8 Å². The molecule has 1 rings (SSSR count). The summed E-state index contributed by atoms with van der Waals surface area (Å²) in [4.78, 5) is 43.9. The summed E-state index contributed by atoms with van der Waals surface area (Å²) in [5, 5.41) is 19.7. The lowest BCUT2D eigenvalue weighted by molar-refractivity contribution is -0.385. The van der Waals surface area contributed by atoms with Gasteiger partial charge in [0.2, 0.25) is 0 Å². The molecule has 0 aliphatic heterocycles. The van der Waals surface area contributed by atoms with Crippen LogP contribution in [-0.2, 0) is 14.3 Å². The highest BCUT2D eigenvalue weighted by molar-refractivity contribution is 6.02. The van der Waals surface area contributed by atoms with Crippen LogP contribution in [0.3, 0.4) is 0 Å². The Hall–Kier alpha value is -3.17. The molecule has 0 aliphatic carbocycles. The van der Waals surface area contributed by atoms with Gasteiger partial charge in [-0.3, -0.25) is 10.1 Å². The molecular weight excluding hydrogens is 302 g/mol. The van der Waals surface area contributed by atoms with Crippen molar-refractivity contribution in [1.29, 1.82) is 0 Å². The lowest BCUT2D eigenvalue weighted by atomic mass is 10.1. The largest absolute Gasteiger partial charge is 0.482 e. The van der Waals surface area contributed by atoms with Gasteiger partial charge in [0.15, 0.2) is 6.61 Å². The first-order valence-corrected chi connectivity index (χ1v) is 5.65. The molecular formula is C12H11NO9. The van der Waals surface area contributed by atoms with Gasteiger partial charge in [-0.2, -0.15) is 0 Å². The summed E-state index contributed by atoms with van der Waals surface area (Å²) in [7, 11) is 1.99. The Bertz CT molecular complexity index is 600. The van der Waals surface area contributed by atoms with Gasteiger partial charge in [-0.1, -0.05) is 0 Å². The average Bonchev–Trinajstić information content (AvgIpc) is 2.49. The summed E-state index contributed by atoms with van der Waals surface area (Å²) >= 11 is 0. The van der Waals surface area contributed by atoms with Crippen molar-refractivity contribution in [3.63, 3.8) is 0 Å². The molecule has 0 fully saturated rings. The molecule has 1 aromatic carbocycles. The van der Waals surface area contributed by atoms with E-state index in [2.05, 4.69) is 9.47 Å². The van der Waals surface area contributed by atoms with E-state index < -0.39 is 46.3 Å². The van der Waals surface area contributed by atoms with Crippen molar-refractivity contribution >= 4 is 23.6 Å². The monoisotopic (exact) mass is 313 g/mol. The lowest BCUT2D eigenvalue weighted by Gasteiger charge is -2.09. The molecule has 0 radical (unpaired) electrons. The Morgan fingerprint density at radius 2 is 1.59 bits per heavy atom. The number of methoxy groups -OCH3 is 2. The standard InChI is InChI=1S/C12H11NO9/c1-20-11(16)7-3-6(22-5-9(14)15)4-8(12(17)21-2)10(7)13(18)19/h3-4H,5H2,1-2H3,(H,14,15). The van der Waals surface area contributed by atoms with Crippen LogP contribution >= 0.6 is 0 Å². The first-order chi connectivity index (χ1) is 10.3. The third kappa shape index (κ3) is 3.69. The van der Waals surface area contributed by atoms with Crippen molar-refractivity contribution in [3.8, 4) is 5.75 Å². The molecule has 0 atom stereocenters. The van der Waals surface area contributed by atoms with E-state index in [4.69, 9.17) is 9.84 Å². The molecule has 0 bridgehead atoms. The number of carbonyl (C=O) groups excluding carboxylic acids is 2. The van der Waals surface area contributed by atoms with Crippen molar-refractivity contribution in [1.82, 2.24) is 0 Å². The van der Waals surface area contributed by atoms with Gasteiger partial charge < -0.3 is 19.3 Å². The zero-order chi connectivity index (χ0) is 16.9. The van der Waals surface area contributed by atoms with E-state index in [0.29, 0.717) is 0 Å². The second-order valence-electron chi connectivity index (χ2n) is 3.79. The Balaban J connectivity index is 3.52. The minimum absolute atomic E-state index is 0.228. The molecule has 10 heteroatoms. The van der Waals surface area contributed by atoms with Gasteiger partial charge in [-0.15, -0.1) is 0 Å². The third-order valence-electron chi connectivity index (χ3n) is 2.44. The summed E-state index contributed by atoms with van der Waals surface area (Å²) in [6.45, 7) is -0.765. The predicted molar refractivity (Wildman–Crippen MR) is 68.9 cm³/mol. The zero-order valence-electron chi connectivity index (χ0n) is 11.5. The molecule has 0 saturated carbocycles. The fourth-order valence-electron chi connectivity index (χ4n) is 1.56. The van der Waals surface area contributed by atoms with E-state index in [1.165, 1.54) is 0 Å². The summed E-state index contributed by atoms with van der Waals surface area (Å²) in [6.07, 6.45) is 0. The zero-order valence-corrected chi connectivity index (χ0v) is 11.5. The molecule has 0 unspecified atom stereocenters. The number of esters is 2. The maximum Gasteiger partial charge on any atom is 0.345 e. The van der Waals surface area contributed by atoms with Gasteiger partial charge in [0.05, 0.1) is 19.1 Å². The smallest absolute Gasteiger partial charge is 0.345 e. The molecule has 0 heterocycles. The van der Waals surface area contributed by atoms with Crippen LogP contribution in [0.4, 0.5) is 5.69 Å². The third-order valence-corrected chi connectivity index (χ3v) is 2.44. The molecule has 22 heavy (non-hydrogen) atoms. The second kappa shape index (κ2) is 7.02. The topological polar surface area (TPSA) is 142 Å². The number of carboxylic acid groups (broad SMARTS) is 1. The van der Waals surface area contributed by atoms with E-state index in [1.807, 2.05) is 0 Å². The number of nitro groups is 1. The predicted octanol–water partition coefficient (Wildman–Crippen LogP) is 0.631. The van der Waals surface area contributed by atoms with Crippen LogP contribution in [-0.4, -0.2) is 48.8 Å². The van der Waals surface area contributed by atoms with Gasteiger partial charge in [0.1, 0.15) is 16.9 Å². The Morgan fingerprint density at radius 1 is 1.14 bits per heavy atom. The number of rotatable bonds is 6. The number of benzene rings is 1. The van der Waals surface area contributed by atoms with Gasteiger partial charge in [0.25, 0.3) is 5.69 Å². The number of hydrogen-bond donors (Lipinski definition) is 1. The second-order valence-corrected chi connectivity index (χ2v) is 3.79. The van der Waals surface area contributed by atoms with Crippen molar-refractivity contribution in [2.45, 2.75) is 0 Å². The molecule has 0 aromatic heterocycles. The maximum absolute atomic E-state index is 11.6. The molecule has 10 nitrogen and oxygen atoms in total. The number of nitrogens with zero attached hydrogens (tertiary/aromatic N) is 1. The number of hydrogen-bond acceptors (Lipinski definition) is 8. The van der Waals surface area contributed by atoms with E-state index in [1.54, 1.807) is 0 Å². The van der Waals surface area contributed by atoms with Crippen LogP contribution in [0, 0.1) is 10.1 Å². The molecule has 0 amide bonds. The van der Waals surface area contributed by atoms with Crippen LogP contribution in [0.2, 0.25) is 0 Å². The van der Waals surface area contributed by atoms with E-state index in [0.717, 1.165) is 26.4 Å². The first-order valence-electron chi connectivity index (χ1n) is 5.65. The van der Waals surface area contributed by atoms with Gasteiger partial charge in [-0.05, 0) is 0 Å². The molecule has 1 N–H and O–H groups in total. The minimum Gasteiger partial charge on any atom is -0.482 e. The molecule has 118 valence electrons. The van der Waals surface area contributed by atoms with Gasteiger partial charge in [-0.25, -0.2) is 14.4 Å². The minimum atomic E-state index is -1.31. The highest BCUT2D eigenvalue weighted by Crippen LogP contribution is 2.30. The summed E-state index contributed by atoms with van der Waals surface area (Å²) in [5.74, 6) is -3.71. The number of nitro benzene ring substituents is 1. The quantitative estimate of drug-likeness (QED) is 0.454. The van der Waals surface area contributed by atoms with Crippen LogP contribution in [0.1, 0.15) is 20.7 Å². The number of ether oxygens (including phenoxy) is 3. The first kappa shape index (κ1) is 16.9. The Kier molecular flexibility index (Phi) is 5.38. The fourth-order valence-corrected chi connectivity index (χ4v) is 1.56. The van der Waals surface area contributed by atoms with Crippen molar-refractivity contribution in [3.05, 3.63) is 33.4 Å². The summed E-state index contributed by atoms with van der Waals surface area (Å²) in [6, 6.07) is 1.83. The Labute approximate surface area is 123 Å². The van der Waals surface area contributed by atoms with E-state index >= 15 is 0 Å².